The fourth-order valence-corrected chi connectivity index (χ4v) is 4.81. The molecule has 1 amide bonds. The summed E-state index contributed by atoms with van der Waals surface area (Å²) in [5.41, 5.74) is 3.28. The second-order valence-electron chi connectivity index (χ2n) is 9.47. The Hall–Kier alpha value is -4.95. The molecule has 1 atom stereocenters. The smallest absolute Gasteiger partial charge is 0.254 e. The topological polar surface area (TPSA) is 62.2 Å². The molecular weight excluding hydrogens is 544 g/mol. The van der Waals surface area contributed by atoms with E-state index >= 15 is 0 Å². The molecule has 1 aliphatic rings. The zero-order valence-corrected chi connectivity index (χ0v) is 22.4. The summed E-state index contributed by atoms with van der Waals surface area (Å²) in [5.74, 6) is 0.00982. The highest BCUT2D eigenvalue weighted by molar-refractivity contribution is 6.30. The quantitative estimate of drug-likeness (QED) is 0.210. The van der Waals surface area contributed by atoms with Gasteiger partial charge in [-0.1, -0.05) is 60.1 Å². The maximum Gasteiger partial charge on any atom is 0.254 e. The van der Waals surface area contributed by atoms with Crippen LogP contribution in [0.15, 0.2) is 109 Å². The van der Waals surface area contributed by atoms with Crippen LogP contribution >= 0.6 is 11.6 Å². The van der Waals surface area contributed by atoms with E-state index in [9.17, 15) is 13.6 Å². The number of fused-ring (bicyclic) bond motifs is 1. The van der Waals surface area contributed by atoms with Crippen LogP contribution in [0.5, 0.6) is 0 Å². The van der Waals surface area contributed by atoms with Gasteiger partial charge in [0.15, 0.2) is 0 Å². The van der Waals surface area contributed by atoms with Crippen molar-refractivity contribution in [2.75, 3.05) is 10.6 Å². The average molecular weight is 568 g/mol. The second-order valence-corrected chi connectivity index (χ2v) is 9.88. The Morgan fingerprint density at radius 2 is 1.56 bits per heavy atom. The molecule has 6 rings (SSSR count). The number of halogens is 3. The van der Waals surface area contributed by atoms with E-state index in [4.69, 9.17) is 16.6 Å². The van der Waals surface area contributed by atoms with E-state index in [1.807, 2.05) is 60.7 Å². The third kappa shape index (κ3) is 5.55. The Balaban J connectivity index is 1.35. The van der Waals surface area contributed by atoms with Gasteiger partial charge in [0.1, 0.15) is 35.0 Å². The molecule has 41 heavy (non-hydrogen) atoms. The lowest BCUT2D eigenvalue weighted by atomic mass is 10.0. The molecule has 0 bridgehead atoms. The number of hydrogen-bond donors (Lipinski definition) is 2. The highest BCUT2D eigenvalue weighted by Crippen LogP contribution is 2.35. The van der Waals surface area contributed by atoms with E-state index in [0.29, 0.717) is 28.6 Å². The minimum absolute atomic E-state index is 0.00996. The standard InChI is InChI=1S/C32H24ClF2N5O/c33-26-16-15-25(19-27(26)35)37-31-29(22-11-13-23(34)14-12-22)38-28-20-39(17-18-40(28)31)32(41)30(21-7-3-1-4-8-21)36-24-9-5-2-6-10-24/h1-19,30,36-37H,20H2. The lowest BCUT2D eigenvalue weighted by Gasteiger charge is -2.28. The van der Waals surface area contributed by atoms with Crippen LogP contribution in [0.1, 0.15) is 17.4 Å². The molecule has 0 fully saturated rings. The maximum atomic E-state index is 14.2. The van der Waals surface area contributed by atoms with Crippen LogP contribution < -0.4 is 10.6 Å². The van der Waals surface area contributed by atoms with Crippen LogP contribution in [0.3, 0.4) is 0 Å². The Kier molecular flexibility index (Phi) is 7.22. The molecule has 1 aliphatic heterocycles. The number of benzene rings is 4. The van der Waals surface area contributed by atoms with Gasteiger partial charge >= 0.3 is 0 Å². The summed E-state index contributed by atoms with van der Waals surface area (Å²) in [5, 5.41) is 6.60. The van der Waals surface area contributed by atoms with Gasteiger partial charge in [-0.05, 0) is 60.2 Å². The number of hydrogen-bond acceptors (Lipinski definition) is 4. The van der Waals surface area contributed by atoms with Crippen molar-refractivity contribution in [1.29, 1.82) is 0 Å². The molecule has 0 saturated carbocycles. The number of amides is 1. The van der Waals surface area contributed by atoms with E-state index in [1.54, 1.807) is 40.1 Å². The molecule has 1 aromatic heterocycles. The van der Waals surface area contributed by atoms with Crippen molar-refractivity contribution >= 4 is 40.9 Å². The third-order valence-electron chi connectivity index (χ3n) is 6.74. The molecule has 0 radical (unpaired) electrons. The normalized spacial score (nSPS) is 13.0. The first kappa shape index (κ1) is 26.3. The monoisotopic (exact) mass is 567 g/mol. The van der Waals surface area contributed by atoms with Crippen LogP contribution in [-0.2, 0) is 11.3 Å². The summed E-state index contributed by atoms with van der Waals surface area (Å²) in [6.45, 7) is 0.181. The number of aromatic nitrogens is 2. The SMILES string of the molecule is O=C(C(Nc1ccccc1)c1ccccc1)N1C=Cn2c(nc(-c3ccc(F)cc3)c2Nc2ccc(Cl)c(F)c2)C1. The highest BCUT2D eigenvalue weighted by Gasteiger charge is 2.29. The van der Waals surface area contributed by atoms with Gasteiger partial charge in [0, 0.05) is 29.3 Å². The molecule has 5 aromatic rings. The number of carbonyl (C=O) groups excluding carboxylic acids is 1. The molecule has 0 saturated heterocycles. The largest absolute Gasteiger partial charge is 0.370 e. The lowest BCUT2D eigenvalue weighted by Crippen LogP contribution is -2.36. The van der Waals surface area contributed by atoms with Crippen LogP contribution in [0, 0.1) is 11.6 Å². The van der Waals surface area contributed by atoms with Crippen molar-refractivity contribution in [3.8, 4) is 11.3 Å². The van der Waals surface area contributed by atoms with Gasteiger partial charge in [-0.3, -0.25) is 9.36 Å². The molecule has 2 heterocycles. The minimum Gasteiger partial charge on any atom is -0.370 e. The van der Waals surface area contributed by atoms with Gasteiger partial charge in [0.25, 0.3) is 5.91 Å². The Bertz CT molecular complexity index is 1720. The van der Waals surface area contributed by atoms with E-state index in [2.05, 4.69) is 10.6 Å². The Labute approximate surface area is 240 Å². The lowest BCUT2D eigenvalue weighted by molar-refractivity contribution is -0.130. The highest BCUT2D eigenvalue weighted by atomic mass is 35.5. The van der Waals surface area contributed by atoms with Gasteiger partial charge in [-0.25, -0.2) is 13.8 Å². The molecular formula is C32H24ClF2N5O. The molecule has 9 heteroatoms. The molecule has 6 nitrogen and oxygen atoms in total. The summed E-state index contributed by atoms with van der Waals surface area (Å²) in [7, 11) is 0. The van der Waals surface area contributed by atoms with Crippen molar-refractivity contribution in [1.82, 2.24) is 14.5 Å². The number of imidazole rings is 1. The van der Waals surface area contributed by atoms with Gasteiger partial charge in [-0.2, -0.15) is 0 Å². The molecule has 204 valence electrons. The van der Waals surface area contributed by atoms with Crippen molar-refractivity contribution in [3.63, 3.8) is 0 Å². The zero-order valence-electron chi connectivity index (χ0n) is 21.6. The Morgan fingerprint density at radius 1 is 0.854 bits per heavy atom. The molecule has 0 spiro atoms. The average Bonchev–Trinajstić information content (AvgIpc) is 3.36. The van der Waals surface area contributed by atoms with Crippen LogP contribution in [0.2, 0.25) is 5.02 Å². The predicted octanol–water partition coefficient (Wildman–Crippen LogP) is 7.85. The number of carbonyl (C=O) groups is 1. The fraction of sp³-hybridized carbons (Fsp3) is 0.0625. The van der Waals surface area contributed by atoms with Crippen LogP contribution in [0.4, 0.5) is 26.0 Å². The molecule has 4 aromatic carbocycles. The van der Waals surface area contributed by atoms with Crippen molar-refractivity contribution < 1.29 is 13.6 Å². The van der Waals surface area contributed by atoms with Crippen LogP contribution in [-0.4, -0.2) is 20.4 Å². The van der Waals surface area contributed by atoms with E-state index in [-0.39, 0.29) is 23.3 Å². The molecule has 1 unspecified atom stereocenters. The number of nitrogens with zero attached hydrogens (tertiary/aromatic N) is 3. The number of anilines is 3. The first-order valence-electron chi connectivity index (χ1n) is 12.9. The van der Waals surface area contributed by atoms with Gasteiger partial charge in [-0.15, -0.1) is 0 Å². The van der Waals surface area contributed by atoms with Crippen molar-refractivity contribution in [2.45, 2.75) is 12.6 Å². The zero-order chi connectivity index (χ0) is 28.3. The third-order valence-corrected chi connectivity index (χ3v) is 7.05. The van der Waals surface area contributed by atoms with Gasteiger partial charge in [0.2, 0.25) is 0 Å². The first-order valence-corrected chi connectivity index (χ1v) is 13.3. The van der Waals surface area contributed by atoms with E-state index in [1.165, 1.54) is 24.3 Å². The number of nitrogens with one attached hydrogen (secondary N) is 2. The summed E-state index contributed by atoms with van der Waals surface area (Å²) < 4.78 is 29.7. The van der Waals surface area contributed by atoms with Crippen molar-refractivity contribution in [3.05, 3.63) is 137 Å². The Morgan fingerprint density at radius 3 is 2.27 bits per heavy atom. The summed E-state index contributed by atoms with van der Waals surface area (Å²) >= 11 is 5.88. The first-order chi connectivity index (χ1) is 20.0. The van der Waals surface area contributed by atoms with Crippen molar-refractivity contribution in [2.24, 2.45) is 0 Å². The fourth-order valence-electron chi connectivity index (χ4n) is 4.69. The summed E-state index contributed by atoms with van der Waals surface area (Å²) in [4.78, 5) is 20.4. The number of para-hydroxylation sites is 1. The van der Waals surface area contributed by atoms with E-state index in [0.717, 1.165) is 11.3 Å². The van der Waals surface area contributed by atoms with Crippen LogP contribution in [0.25, 0.3) is 17.5 Å². The summed E-state index contributed by atoms with van der Waals surface area (Å²) in [6.07, 6.45) is 3.43. The number of rotatable bonds is 7. The van der Waals surface area contributed by atoms with E-state index < -0.39 is 11.9 Å². The molecule has 0 aliphatic carbocycles. The van der Waals surface area contributed by atoms with Gasteiger partial charge in [0.05, 0.1) is 11.6 Å². The molecule has 2 N–H and O–H groups in total. The second kappa shape index (κ2) is 11.3. The summed E-state index contributed by atoms with van der Waals surface area (Å²) in [6, 6.07) is 28.8. The maximum absolute atomic E-state index is 14.2. The minimum atomic E-state index is -0.643. The van der Waals surface area contributed by atoms with Gasteiger partial charge < -0.3 is 15.5 Å². The predicted molar refractivity (Wildman–Crippen MR) is 157 cm³/mol.